The Morgan fingerprint density at radius 2 is 1.95 bits per heavy atom. The van der Waals surface area contributed by atoms with Gasteiger partial charge >= 0.3 is 0 Å². The number of rotatable bonds is 7. The van der Waals surface area contributed by atoms with Gasteiger partial charge in [-0.3, -0.25) is 0 Å². The van der Waals surface area contributed by atoms with Crippen LogP contribution in [0.2, 0.25) is 0 Å². The topological polar surface area (TPSA) is 32.7 Å². The second-order valence-electron chi connectivity index (χ2n) is 5.43. The third kappa shape index (κ3) is 6.08. The molecule has 0 aromatic heterocycles. The monoisotopic (exact) mass is 311 g/mol. The van der Waals surface area contributed by atoms with Gasteiger partial charge in [0.15, 0.2) is 0 Å². The maximum Gasteiger partial charge on any atom is 0.122 e. The van der Waals surface area contributed by atoms with Crippen LogP contribution in [0.3, 0.4) is 0 Å². The Bertz CT molecular complexity index is 419. The Labute approximate surface area is 134 Å². The molecule has 2 rings (SSSR count). The Kier molecular flexibility index (Phi) is 8.43. The summed E-state index contributed by atoms with van der Waals surface area (Å²) in [6.07, 6.45) is 6.04. The zero-order chi connectivity index (χ0) is 14.2. The molecule has 1 fully saturated rings. The summed E-state index contributed by atoms with van der Waals surface area (Å²) in [5, 5.41) is 10.1. The van der Waals surface area contributed by atoms with Gasteiger partial charge in [0.2, 0.25) is 0 Å². The minimum absolute atomic E-state index is 0. The average molecular weight is 312 g/mol. The van der Waals surface area contributed by atoms with E-state index in [1.54, 1.807) is 0 Å². The van der Waals surface area contributed by atoms with E-state index in [0.717, 1.165) is 30.8 Å². The zero-order valence-corrected chi connectivity index (χ0v) is 13.4. The van der Waals surface area contributed by atoms with Crippen molar-refractivity contribution < 1.29 is 9.84 Å². The number of hydrogen-bond acceptors (Lipinski definition) is 3. The second kappa shape index (κ2) is 9.82. The number of piperidine rings is 1. The summed E-state index contributed by atoms with van der Waals surface area (Å²) < 4.78 is 5.77. The van der Waals surface area contributed by atoms with E-state index < -0.39 is 6.10 Å². The Hall–Kier alpha value is -1.03. The summed E-state index contributed by atoms with van der Waals surface area (Å²) in [5.74, 6) is 0.852. The van der Waals surface area contributed by atoms with Crippen molar-refractivity contribution >= 4 is 12.4 Å². The van der Waals surface area contributed by atoms with E-state index in [1.165, 1.54) is 19.3 Å². The number of halogens is 1. The summed E-state index contributed by atoms with van der Waals surface area (Å²) in [6, 6.07) is 7.94. The second-order valence-corrected chi connectivity index (χ2v) is 5.43. The van der Waals surface area contributed by atoms with Crippen molar-refractivity contribution in [2.24, 2.45) is 0 Å². The molecule has 1 atom stereocenters. The van der Waals surface area contributed by atoms with Crippen LogP contribution in [0.5, 0.6) is 5.75 Å². The fraction of sp³-hybridized carbons (Fsp3) is 0.529. The first-order chi connectivity index (χ1) is 9.79. The predicted molar refractivity (Wildman–Crippen MR) is 89.4 cm³/mol. The number of aliphatic hydroxyl groups is 1. The summed E-state index contributed by atoms with van der Waals surface area (Å²) in [7, 11) is 0. The normalized spacial score (nSPS) is 16.8. The van der Waals surface area contributed by atoms with Crippen LogP contribution in [-0.4, -0.2) is 42.4 Å². The summed E-state index contributed by atoms with van der Waals surface area (Å²) >= 11 is 0. The largest absolute Gasteiger partial charge is 0.491 e. The molecule has 1 unspecified atom stereocenters. The first-order valence-electron chi connectivity index (χ1n) is 7.51. The van der Waals surface area contributed by atoms with Gasteiger partial charge in [0.25, 0.3) is 0 Å². The third-order valence-electron chi connectivity index (χ3n) is 3.69. The van der Waals surface area contributed by atoms with Gasteiger partial charge < -0.3 is 14.7 Å². The molecule has 0 radical (unpaired) electrons. The molecular formula is C17H26ClNO2. The highest BCUT2D eigenvalue weighted by Crippen LogP contribution is 2.19. The van der Waals surface area contributed by atoms with E-state index in [2.05, 4.69) is 11.5 Å². The van der Waals surface area contributed by atoms with E-state index in [4.69, 9.17) is 4.74 Å². The number of para-hydroxylation sites is 1. The van der Waals surface area contributed by atoms with Crippen LogP contribution in [0.25, 0.3) is 0 Å². The van der Waals surface area contributed by atoms with Crippen molar-refractivity contribution in [2.75, 3.05) is 26.2 Å². The van der Waals surface area contributed by atoms with Gasteiger partial charge in [-0.25, -0.2) is 0 Å². The molecule has 1 heterocycles. The van der Waals surface area contributed by atoms with Crippen LogP contribution < -0.4 is 4.74 Å². The number of aliphatic hydroxyl groups excluding tert-OH is 1. The summed E-state index contributed by atoms with van der Waals surface area (Å²) in [5.41, 5.74) is 1.12. The summed E-state index contributed by atoms with van der Waals surface area (Å²) in [4.78, 5) is 2.33. The molecule has 0 amide bonds. The van der Waals surface area contributed by atoms with Gasteiger partial charge in [-0.05, 0) is 44.0 Å². The lowest BCUT2D eigenvalue weighted by Gasteiger charge is -2.28. The van der Waals surface area contributed by atoms with Crippen molar-refractivity contribution in [2.45, 2.75) is 31.8 Å². The van der Waals surface area contributed by atoms with Gasteiger partial charge in [0.1, 0.15) is 18.5 Å². The minimum atomic E-state index is -0.426. The van der Waals surface area contributed by atoms with Gasteiger partial charge in [0, 0.05) is 6.54 Å². The van der Waals surface area contributed by atoms with Crippen molar-refractivity contribution in [3.05, 3.63) is 42.5 Å². The van der Waals surface area contributed by atoms with Crippen molar-refractivity contribution in [3.63, 3.8) is 0 Å². The van der Waals surface area contributed by atoms with Crippen LogP contribution in [-0.2, 0) is 6.42 Å². The van der Waals surface area contributed by atoms with E-state index in [1.807, 2.05) is 30.3 Å². The van der Waals surface area contributed by atoms with Crippen molar-refractivity contribution in [3.8, 4) is 5.75 Å². The molecule has 0 aliphatic carbocycles. The lowest BCUT2D eigenvalue weighted by molar-refractivity contribution is 0.0614. The molecule has 3 nitrogen and oxygen atoms in total. The van der Waals surface area contributed by atoms with E-state index >= 15 is 0 Å². The van der Waals surface area contributed by atoms with Crippen LogP contribution >= 0.6 is 12.4 Å². The molecule has 1 aliphatic heterocycles. The molecule has 1 N–H and O–H groups in total. The molecule has 0 bridgehead atoms. The fourth-order valence-electron chi connectivity index (χ4n) is 2.65. The van der Waals surface area contributed by atoms with Crippen LogP contribution in [0, 0.1) is 0 Å². The smallest absolute Gasteiger partial charge is 0.122 e. The maximum absolute atomic E-state index is 10.1. The minimum Gasteiger partial charge on any atom is -0.491 e. The number of ether oxygens (including phenoxy) is 1. The van der Waals surface area contributed by atoms with Crippen molar-refractivity contribution in [1.29, 1.82) is 0 Å². The van der Waals surface area contributed by atoms with E-state index in [9.17, 15) is 5.11 Å². The standard InChI is InChI=1S/C17H25NO2.ClH/c1-2-8-15-9-4-5-10-17(15)20-14-16(19)13-18-11-6-3-7-12-18;/h2,4-5,9-10,16,19H,1,3,6-8,11-14H2;1H. The predicted octanol–water partition coefficient (Wildman–Crippen LogP) is 3.06. The number of β-amino-alcohol motifs (C(OH)–C–C–N with tert-alkyl or cyclic N) is 1. The highest BCUT2D eigenvalue weighted by Gasteiger charge is 2.15. The molecule has 21 heavy (non-hydrogen) atoms. The van der Waals surface area contributed by atoms with Crippen LogP contribution in [0.1, 0.15) is 24.8 Å². The number of hydrogen-bond donors (Lipinski definition) is 1. The average Bonchev–Trinajstić information content (AvgIpc) is 2.48. The molecular weight excluding hydrogens is 286 g/mol. The van der Waals surface area contributed by atoms with E-state index in [-0.39, 0.29) is 12.4 Å². The quantitative estimate of drug-likeness (QED) is 0.786. The van der Waals surface area contributed by atoms with Gasteiger partial charge in [-0.1, -0.05) is 30.7 Å². The highest BCUT2D eigenvalue weighted by molar-refractivity contribution is 5.85. The molecule has 118 valence electrons. The third-order valence-corrected chi connectivity index (χ3v) is 3.69. The molecule has 1 saturated heterocycles. The van der Waals surface area contributed by atoms with Crippen molar-refractivity contribution in [1.82, 2.24) is 4.90 Å². The molecule has 0 spiro atoms. The molecule has 1 aliphatic rings. The first-order valence-corrected chi connectivity index (χ1v) is 7.51. The van der Waals surface area contributed by atoms with Gasteiger partial charge in [-0.2, -0.15) is 0 Å². The first kappa shape index (κ1) is 18.0. The molecule has 0 saturated carbocycles. The zero-order valence-electron chi connectivity index (χ0n) is 12.5. The molecule has 4 heteroatoms. The Morgan fingerprint density at radius 3 is 2.67 bits per heavy atom. The number of likely N-dealkylation sites (tertiary alicyclic amines) is 1. The van der Waals surface area contributed by atoms with E-state index in [0.29, 0.717) is 13.2 Å². The molecule has 1 aromatic carbocycles. The lowest BCUT2D eigenvalue weighted by atomic mass is 10.1. The SMILES string of the molecule is C=CCc1ccccc1OCC(O)CN1CCCCC1.Cl. The highest BCUT2D eigenvalue weighted by atomic mass is 35.5. The van der Waals surface area contributed by atoms with Crippen LogP contribution in [0.15, 0.2) is 36.9 Å². The summed E-state index contributed by atoms with van der Waals surface area (Å²) in [6.45, 7) is 7.02. The lowest BCUT2D eigenvalue weighted by Crippen LogP contribution is -2.38. The number of allylic oxidation sites excluding steroid dienone is 1. The van der Waals surface area contributed by atoms with Gasteiger partial charge in [0.05, 0.1) is 0 Å². The van der Waals surface area contributed by atoms with Gasteiger partial charge in [-0.15, -0.1) is 19.0 Å². The number of nitrogens with zero attached hydrogens (tertiary/aromatic N) is 1. The maximum atomic E-state index is 10.1. The number of benzene rings is 1. The Balaban J connectivity index is 0.00000220. The Morgan fingerprint density at radius 1 is 1.24 bits per heavy atom. The van der Waals surface area contributed by atoms with Crippen LogP contribution in [0.4, 0.5) is 0 Å². The molecule has 1 aromatic rings. The fourth-order valence-corrected chi connectivity index (χ4v) is 2.65.